The van der Waals surface area contributed by atoms with Gasteiger partial charge in [-0.05, 0) is 61.7 Å². The molecular formula is C22H23N7O. The molecule has 0 saturated carbocycles. The molecule has 0 spiro atoms. The molecule has 152 valence electrons. The molecule has 1 aromatic carbocycles. The zero-order valence-electron chi connectivity index (χ0n) is 16.7. The van der Waals surface area contributed by atoms with E-state index in [1.165, 1.54) is 18.4 Å². The number of hydrogen-bond acceptors (Lipinski definition) is 7. The number of methoxy groups -OCH3 is 1. The fourth-order valence-corrected chi connectivity index (χ4v) is 3.84. The maximum Gasteiger partial charge on any atom is 0.247 e. The van der Waals surface area contributed by atoms with Crippen LogP contribution in [0.2, 0.25) is 0 Å². The Morgan fingerprint density at radius 3 is 2.63 bits per heavy atom. The number of benzene rings is 1. The summed E-state index contributed by atoms with van der Waals surface area (Å²) in [5, 5.41) is 11.3. The second-order valence-corrected chi connectivity index (χ2v) is 7.34. The van der Waals surface area contributed by atoms with Crippen LogP contribution in [0.1, 0.15) is 24.3 Å². The van der Waals surface area contributed by atoms with Crippen molar-refractivity contribution in [2.45, 2.75) is 18.8 Å². The first kappa shape index (κ1) is 18.5. The van der Waals surface area contributed by atoms with Crippen molar-refractivity contribution < 1.29 is 4.74 Å². The van der Waals surface area contributed by atoms with Crippen molar-refractivity contribution in [2.24, 2.45) is 0 Å². The van der Waals surface area contributed by atoms with Crippen LogP contribution >= 0.6 is 0 Å². The van der Waals surface area contributed by atoms with Gasteiger partial charge in [-0.15, -0.1) is 5.10 Å². The van der Waals surface area contributed by atoms with Crippen LogP contribution in [0.15, 0.2) is 55.0 Å². The molecule has 8 heteroatoms. The van der Waals surface area contributed by atoms with Gasteiger partial charge in [-0.25, -0.2) is 14.5 Å². The van der Waals surface area contributed by atoms with Gasteiger partial charge in [0.15, 0.2) is 5.65 Å². The molecule has 1 saturated heterocycles. The Labute approximate surface area is 174 Å². The molecule has 8 nitrogen and oxygen atoms in total. The molecule has 4 aromatic rings. The van der Waals surface area contributed by atoms with Crippen LogP contribution in [0.5, 0.6) is 5.88 Å². The predicted molar refractivity (Wildman–Crippen MR) is 115 cm³/mol. The maximum absolute atomic E-state index is 5.09. The standard InChI is InChI=1S/C22H23N7O/c1-30-20-14-24-19(13-25-20)18-3-2-12-29-21(18)27-22(28-29)26-17-6-4-15(5-7-17)16-8-10-23-11-9-16/h2-7,12-14,16,23H,8-11H2,1H3,(H,26,28). The SMILES string of the molecule is COc1cnc(-c2cccn3nc(Nc4ccc(C5CCNCC5)cc4)nc23)cn1. The predicted octanol–water partition coefficient (Wildman–Crippen LogP) is 3.41. The number of rotatable bonds is 5. The van der Waals surface area contributed by atoms with E-state index in [-0.39, 0.29) is 0 Å². The number of hydrogen-bond donors (Lipinski definition) is 2. The Hall–Kier alpha value is -3.52. The average molecular weight is 401 g/mol. The number of aromatic nitrogens is 5. The molecule has 4 heterocycles. The molecule has 0 atom stereocenters. The van der Waals surface area contributed by atoms with Gasteiger partial charge in [-0.1, -0.05) is 12.1 Å². The van der Waals surface area contributed by atoms with E-state index in [0.717, 1.165) is 24.3 Å². The Balaban J connectivity index is 1.38. The molecule has 1 aliphatic heterocycles. The molecule has 1 fully saturated rings. The number of anilines is 2. The highest BCUT2D eigenvalue weighted by molar-refractivity contribution is 5.75. The van der Waals surface area contributed by atoms with E-state index in [0.29, 0.717) is 29.1 Å². The third-order valence-electron chi connectivity index (χ3n) is 5.45. The fourth-order valence-electron chi connectivity index (χ4n) is 3.84. The van der Waals surface area contributed by atoms with Crippen LogP contribution in [0.4, 0.5) is 11.6 Å². The molecule has 5 rings (SSSR count). The molecule has 1 aliphatic rings. The summed E-state index contributed by atoms with van der Waals surface area (Å²) >= 11 is 0. The minimum absolute atomic E-state index is 0.475. The number of fused-ring (bicyclic) bond motifs is 1. The first-order chi connectivity index (χ1) is 14.8. The highest BCUT2D eigenvalue weighted by Crippen LogP contribution is 2.27. The summed E-state index contributed by atoms with van der Waals surface area (Å²) in [5.41, 5.74) is 4.65. The highest BCUT2D eigenvalue weighted by Gasteiger charge is 2.15. The van der Waals surface area contributed by atoms with Gasteiger partial charge in [0.2, 0.25) is 11.8 Å². The summed E-state index contributed by atoms with van der Waals surface area (Å²) in [7, 11) is 1.57. The molecule has 2 N–H and O–H groups in total. The summed E-state index contributed by atoms with van der Waals surface area (Å²) in [5.74, 6) is 1.66. The first-order valence-electron chi connectivity index (χ1n) is 10.1. The van der Waals surface area contributed by atoms with E-state index >= 15 is 0 Å². The Morgan fingerprint density at radius 2 is 1.90 bits per heavy atom. The van der Waals surface area contributed by atoms with Crippen molar-refractivity contribution >= 4 is 17.3 Å². The topological polar surface area (TPSA) is 89.3 Å². The minimum atomic E-state index is 0.475. The Kier molecular flexibility index (Phi) is 4.98. The monoisotopic (exact) mass is 401 g/mol. The second kappa shape index (κ2) is 8.08. The van der Waals surface area contributed by atoms with Crippen LogP contribution in [-0.2, 0) is 0 Å². The fraction of sp³-hybridized carbons (Fsp3) is 0.273. The zero-order chi connectivity index (χ0) is 20.3. The zero-order valence-corrected chi connectivity index (χ0v) is 16.7. The van der Waals surface area contributed by atoms with Gasteiger partial charge in [-0.2, -0.15) is 4.98 Å². The van der Waals surface area contributed by atoms with Crippen LogP contribution in [0, 0.1) is 0 Å². The van der Waals surface area contributed by atoms with Crippen LogP contribution in [0.3, 0.4) is 0 Å². The molecule has 0 unspecified atom stereocenters. The van der Waals surface area contributed by atoms with E-state index in [1.54, 1.807) is 24.0 Å². The van der Waals surface area contributed by atoms with Crippen LogP contribution in [0.25, 0.3) is 16.9 Å². The maximum atomic E-state index is 5.09. The van der Waals surface area contributed by atoms with Crippen molar-refractivity contribution in [3.05, 3.63) is 60.6 Å². The van der Waals surface area contributed by atoms with Gasteiger partial charge in [0.25, 0.3) is 0 Å². The molecule has 0 aliphatic carbocycles. The van der Waals surface area contributed by atoms with Gasteiger partial charge >= 0.3 is 0 Å². The summed E-state index contributed by atoms with van der Waals surface area (Å²) in [4.78, 5) is 13.3. The summed E-state index contributed by atoms with van der Waals surface area (Å²) < 4.78 is 6.83. The third kappa shape index (κ3) is 3.69. The van der Waals surface area contributed by atoms with Crippen molar-refractivity contribution in [3.8, 4) is 17.1 Å². The second-order valence-electron chi connectivity index (χ2n) is 7.34. The number of piperidine rings is 1. The molecule has 0 amide bonds. The van der Waals surface area contributed by atoms with Gasteiger partial charge < -0.3 is 15.4 Å². The lowest BCUT2D eigenvalue weighted by Gasteiger charge is -2.23. The lowest BCUT2D eigenvalue weighted by Crippen LogP contribution is -2.26. The van der Waals surface area contributed by atoms with E-state index in [2.05, 4.69) is 54.9 Å². The van der Waals surface area contributed by atoms with Gasteiger partial charge in [-0.3, -0.25) is 0 Å². The molecule has 0 bridgehead atoms. The molecular weight excluding hydrogens is 378 g/mol. The van der Waals surface area contributed by atoms with Crippen molar-refractivity contribution in [1.82, 2.24) is 29.9 Å². The van der Waals surface area contributed by atoms with E-state index in [1.807, 2.05) is 18.3 Å². The van der Waals surface area contributed by atoms with Crippen molar-refractivity contribution in [2.75, 3.05) is 25.5 Å². The molecule has 3 aromatic heterocycles. The summed E-state index contributed by atoms with van der Waals surface area (Å²) in [6, 6.07) is 12.5. The third-order valence-corrected chi connectivity index (χ3v) is 5.45. The van der Waals surface area contributed by atoms with Crippen LogP contribution < -0.4 is 15.4 Å². The average Bonchev–Trinajstić information content (AvgIpc) is 3.23. The molecule has 0 radical (unpaired) electrons. The van der Waals surface area contributed by atoms with E-state index in [4.69, 9.17) is 4.74 Å². The van der Waals surface area contributed by atoms with Gasteiger partial charge in [0.1, 0.15) is 0 Å². The number of pyridine rings is 1. The first-order valence-corrected chi connectivity index (χ1v) is 10.1. The normalized spacial score (nSPS) is 14.7. The van der Waals surface area contributed by atoms with Crippen LogP contribution in [-0.4, -0.2) is 44.8 Å². The number of nitrogens with one attached hydrogen (secondary N) is 2. The largest absolute Gasteiger partial charge is 0.480 e. The van der Waals surface area contributed by atoms with Gasteiger partial charge in [0, 0.05) is 17.4 Å². The quantitative estimate of drug-likeness (QED) is 0.530. The van der Waals surface area contributed by atoms with Crippen molar-refractivity contribution in [3.63, 3.8) is 0 Å². The van der Waals surface area contributed by atoms with E-state index in [9.17, 15) is 0 Å². The lowest BCUT2D eigenvalue weighted by molar-refractivity contribution is 0.396. The summed E-state index contributed by atoms with van der Waals surface area (Å²) in [6.45, 7) is 2.19. The summed E-state index contributed by atoms with van der Waals surface area (Å²) in [6.07, 6.45) is 7.53. The van der Waals surface area contributed by atoms with E-state index < -0.39 is 0 Å². The highest BCUT2D eigenvalue weighted by atomic mass is 16.5. The van der Waals surface area contributed by atoms with Crippen molar-refractivity contribution in [1.29, 1.82) is 0 Å². The lowest BCUT2D eigenvalue weighted by atomic mass is 9.90. The number of ether oxygens (including phenoxy) is 1. The minimum Gasteiger partial charge on any atom is -0.480 e. The number of nitrogens with zero attached hydrogens (tertiary/aromatic N) is 5. The Bertz CT molecular complexity index is 1130. The Morgan fingerprint density at radius 1 is 1.07 bits per heavy atom. The van der Waals surface area contributed by atoms with Gasteiger partial charge in [0.05, 0.1) is 25.2 Å². The molecule has 30 heavy (non-hydrogen) atoms. The smallest absolute Gasteiger partial charge is 0.247 e.